The van der Waals surface area contributed by atoms with Crippen LogP contribution in [0.5, 0.6) is 5.75 Å². The van der Waals surface area contributed by atoms with Gasteiger partial charge < -0.3 is 15.4 Å². The van der Waals surface area contributed by atoms with Gasteiger partial charge in [-0.05, 0) is 49.5 Å². The Morgan fingerprint density at radius 3 is 2.57 bits per heavy atom. The molecule has 6 heteroatoms. The summed E-state index contributed by atoms with van der Waals surface area (Å²) in [5, 5.41) is 0. The Balaban J connectivity index is 1.92. The highest BCUT2D eigenvalue weighted by Crippen LogP contribution is 2.32. The summed E-state index contributed by atoms with van der Waals surface area (Å²) in [5.74, 6) is 1.47. The fraction of sp³-hybridized carbons (Fsp3) is 0.600. The SMILES string of the molecule is COc1cc(C2CCN(CCS(C)(=O)=O)CC2)ccc1N. The van der Waals surface area contributed by atoms with Crippen LogP contribution in [-0.4, -0.2) is 52.1 Å². The Morgan fingerprint density at radius 2 is 2.00 bits per heavy atom. The second-order valence-electron chi connectivity index (χ2n) is 5.75. The number of hydrogen-bond donors (Lipinski definition) is 1. The van der Waals surface area contributed by atoms with Gasteiger partial charge in [-0.15, -0.1) is 0 Å². The summed E-state index contributed by atoms with van der Waals surface area (Å²) in [5.41, 5.74) is 7.75. The van der Waals surface area contributed by atoms with E-state index in [4.69, 9.17) is 10.5 Å². The van der Waals surface area contributed by atoms with Crippen molar-refractivity contribution in [3.63, 3.8) is 0 Å². The van der Waals surface area contributed by atoms with Crippen molar-refractivity contribution < 1.29 is 13.2 Å². The van der Waals surface area contributed by atoms with Crippen LogP contribution >= 0.6 is 0 Å². The van der Waals surface area contributed by atoms with Gasteiger partial charge in [0.05, 0.1) is 18.6 Å². The van der Waals surface area contributed by atoms with Crippen LogP contribution in [0.3, 0.4) is 0 Å². The minimum absolute atomic E-state index is 0.243. The van der Waals surface area contributed by atoms with Gasteiger partial charge in [0.2, 0.25) is 0 Å². The summed E-state index contributed by atoms with van der Waals surface area (Å²) in [7, 11) is -1.25. The maximum atomic E-state index is 11.2. The van der Waals surface area contributed by atoms with Crippen molar-refractivity contribution in [1.29, 1.82) is 0 Å². The van der Waals surface area contributed by atoms with Crippen LogP contribution in [0.4, 0.5) is 5.69 Å². The van der Waals surface area contributed by atoms with Crippen LogP contribution in [0.15, 0.2) is 18.2 Å². The molecule has 5 nitrogen and oxygen atoms in total. The fourth-order valence-corrected chi connectivity index (χ4v) is 3.36. The lowest BCUT2D eigenvalue weighted by atomic mass is 9.89. The monoisotopic (exact) mass is 312 g/mol. The zero-order valence-electron chi connectivity index (χ0n) is 12.7. The van der Waals surface area contributed by atoms with Crippen molar-refractivity contribution in [3.8, 4) is 5.75 Å². The smallest absolute Gasteiger partial charge is 0.148 e. The number of rotatable bonds is 5. The fourth-order valence-electron chi connectivity index (χ4n) is 2.77. The van der Waals surface area contributed by atoms with E-state index in [1.807, 2.05) is 12.1 Å². The van der Waals surface area contributed by atoms with Gasteiger partial charge in [-0.25, -0.2) is 8.42 Å². The number of piperidine rings is 1. The molecule has 0 aromatic heterocycles. The summed E-state index contributed by atoms with van der Waals surface area (Å²) >= 11 is 0. The Kier molecular flexibility index (Phi) is 5.11. The molecule has 1 saturated heterocycles. The first kappa shape index (κ1) is 16.1. The molecule has 0 unspecified atom stereocenters. The zero-order chi connectivity index (χ0) is 15.5. The number of nitrogens with two attached hydrogens (primary N) is 1. The molecule has 1 heterocycles. The molecule has 118 valence electrons. The molecule has 1 aliphatic heterocycles. The molecule has 2 rings (SSSR count). The normalized spacial score (nSPS) is 17.8. The van der Waals surface area contributed by atoms with E-state index >= 15 is 0 Å². The molecule has 0 atom stereocenters. The summed E-state index contributed by atoms with van der Waals surface area (Å²) < 4.78 is 27.7. The van der Waals surface area contributed by atoms with Crippen LogP contribution < -0.4 is 10.5 Å². The van der Waals surface area contributed by atoms with Gasteiger partial charge in [-0.3, -0.25) is 0 Å². The summed E-state index contributed by atoms with van der Waals surface area (Å²) in [6.45, 7) is 2.51. The number of likely N-dealkylation sites (tertiary alicyclic amines) is 1. The highest BCUT2D eigenvalue weighted by molar-refractivity contribution is 7.90. The van der Waals surface area contributed by atoms with E-state index in [9.17, 15) is 8.42 Å². The van der Waals surface area contributed by atoms with Crippen molar-refractivity contribution in [3.05, 3.63) is 23.8 Å². The van der Waals surface area contributed by atoms with E-state index in [1.54, 1.807) is 7.11 Å². The Labute approximate surface area is 127 Å². The molecule has 0 saturated carbocycles. The van der Waals surface area contributed by atoms with Crippen molar-refractivity contribution in [2.24, 2.45) is 0 Å². The van der Waals surface area contributed by atoms with Crippen molar-refractivity contribution in [1.82, 2.24) is 4.90 Å². The molecule has 1 aromatic rings. The molecular weight excluding hydrogens is 288 g/mol. The maximum absolute atomic E-state index is 11.2. The van der Waals surface area contributed by atoms with Crippen LogP contribution in [0.2, 0.25) is 0 Å². The third-order valence-corrected chi connectivity index (χ3v) is 5.02. The molecule has 0 amide bonds. The molecule has 2 N–H and O–H groups in total. The molecule has 1 aromatic carbocycles. The molecule has 21 heavy (non-hydrogen) atoms. The van der Waals surface area contributed by atoms with E-state index in [2.05, 4.69) is 11.0 Å². The van der Waals surface area contributed by atoms with E-state index in [0.29, 0.717) is 18.2 Å². The second-order valence-corrected chi connectivity index (χ2v) is 8.01. The molecule has 0 aliphatic carbocycles. The van der Waals surface area contributed by atoms with E-state index in [1.165, 1.54) is 11.8 Å². The lowest BCUT2D eigenvalue weighted by molar-refractivity contribution is 0.223. The van der Waals surface area contributed by atoms with E-state index in [0.717, 1.165) is 31.7 Å². The lowest BCUT2D eigenvalue weighted by Gasteiger charge is -2.32. The van der Waals surface area contributed by atoms with Crippen LogP contribution in [-0.2, 0) is 9.84 Å². The van der Waals surface area contributed by atoms with Gasteiger partial charge in [0.25, 0.3) is 0 Å². The highest BCUT2D eigenvalue weighted by Gasteiger charge is 2.21. The topological polar surface area (TPSA) is 72.6 Å². The number of sulfone groups is 1. The Hall–Kier alpha value is -1.27. The summed E-state index contributed by atoms with van der Waals surface area (Å²) in [6, 6.07) is 5.98. The van der Waals surface area contributed by atoms with E-state index < -0.39 is 9.84 Å². The third kappa shape index (κ3) is 4.61. The second kappa shape index (κ2) is 6.66. The first-order valence-corrected chi connectivity index (χ1v) is 9.28. The average molecular weight is 312 g/mol. The zero-order valence-corrected chi connectivity index (χ0v) is 13.5. The molecule has 1 fully saturated rings. The van der Waals surface area contributed by atoms with Gasteiger partial charge in [-0.2, -0.15) is 0 Å². The number of hydrogen-bond acceptors (Lipinski definition) is 5. The van der Waals surface area contributed by atoms with Gasteiger partial charge in [0, 0.05) is 12.8 Å². The summed E-state index contributed by atoms with van der Waals surface area (Å²) in [6.07, 6.45) is 3.37. The molecule has 0 radical (unpaired) electrons. The Bertz CT molecular complexity index is 579. The van der Waals surface area contributed by atoms with Crippen LogP contribution in [0, 0.1) is 0 Å². The Morgan fingerprint density at radius 1 is 1.33 bits per heavy atom. The number of nitrogens with zero attached hydrogens (tertiary/aromatic N) is 1. The summed E-state index contributed by atoms with van der Waals surface area (Å²) in [4.78, 5) is 2.23. The van der Waals surface area contributed by atoms with Crippen molar-refractivity contribution >= 4 is 15.5 Å². The predicted molar refractivity (Wildman–Crippen MR) is 85.5 cm³/mol. The first-order chi connectivity index (χ1) is 9.89. The molecule has 1 aliphatic rings. The highest BCUT2D eigenvalue weighted by atomic mass is 32.2. The van der Waals surface area contributed by atoms with Crippen LogP contribution in [0.25, 0.3) is 0 Å². The van der Waals surface area contributed by atoms with Gasteiger partial charge >= 0.3 is 0 Å². The number of anilines is 1. The van der Waals surface area contributed by atoms with Gasteiger partial charge in [0.1, 0.15) is 15.6 Å². The average Bonchev–Trinajstić information content (AvgIpc) is 2.45. The van der Waals surface area contributed by atoms with Gasteiger partial charge in [-0.1, -0.05) is 6.07 Å². The number of methoxy groups -OCH3 is 1. The molecule has 0 bridgehead atoms. The van der Waals surface area contributed by atoms with Crippen molar-refractivity contribution in [2.75, 3.05) is 44.5 Å². The number of ether oxygens (including phenoxy) is 1. The largest absolute Gasteiger partial charge is 0.495 e. The minimum Gasteiger partial charge on any atom is -0.495 e. The predicted octanol–water partition coefficient (Wildman–Crippen LogP) is 1.50. The molecule has 0 spiro atoms. The number of benzene rings is 1. The number of nitrogen functional groups attached to an aromatic ring is 1. The third-order valence-electron chi connectivity index (χ3n) is 4.09. The van der Waals surface area contributed by atoms with Crippen molar-refractivity contribution in [2.45, 2.75) is 18.8 Å². The minimum atomic E-state index is -2.88. The van der Waals surface area contributed by atoms with Gasteiger partial charge in [0.15, 0.2) is 0 Å². The maximum Gasteiger partial charge on any atom is 0.148 e. The standard InChI is InChI=1S/C15H24N2O3S/c1-20-15-11-13(3-4-14(15)16)12-5-7-17(8-6-12)9-10-21(2,18)19/h3-4,11-12H,5-10,16H2,1-2H3. The van der Waals surface area contributed by atoms with Crippen LogP contribution in [0.1, 0.15) is 24.3 Å². The molecular formula is C15H24N2O3S. The lowest BCUT2D eigenvalue weighted by Crippen LogP contribution is -2.36. The first-order valence-electron chi connectivity index (χ1n) is 7.22. The van der Waals surface area contributed by atoms with E-state index in [-0.39, 0.29) is 5.75 Å². The quantitative estimate of drug-likeness (QED) is 0.834.